The zero-order valence-corrected chi connectivity index (χ0v) is 18.3. The number of sulfonamides is 1. The number of aromatic nitrogens is 5. The first-order chi connectivity index (χ1) is 15.9. The first-order valence-electron chi connectivity index (χ1n) is 9.60. The summed E-state index contributed by atoms with van der Waals surface area (Å²) in [6, 6.07) is 14.3. The molecule has 0 atom stereocenters. The average molecular weight is 481 g/mol. The number of aromatic amines is 1. The molecule has 11 heteroatoms. The maximum absolute atomic E-state index is 13.6. The number of rotatable bonds is 5. The minimum atomic E-state index is -3.85. The van der Waals surface area contributed by atoms with E-state index >= 15 is 0 Å². The lowest BCUT2D eigenvalue weighted by molar-refractivity contribution is 0.584. The van der Waals surface area contributed by atoms with Gasteiger partial charge in [-0.1, -0.05) is 29.8 Å². The highest BCUT2D eigenvalue weighted by Gasteiger charge is 2.17. The summed E-state index contributed by atoms with van der Waals surface area (Å²) < 4.78 is 41.5. The zero-order valence-electron chi connectivity index (χ0n) is 16.7. The van der Waals surface area contributed by atoms with Crippen LogP contribution in [0.2, 0.25) is 5.15 Å². The molecule has 164 valence electrons. The Labute approximate surface area is 192 Å². The molecule has 0 aliphatic carbocycles. The highest BCUT2D eigenvalue weighted by Crippen LogP contribution is 2.32. The first kappa shape index (κ1) is 21.0. The molecule has 1 aromatic carbocycles. The van der Waals surface area contributed by atoms with Gasteiger partial charge in [0.15, 0.2) is 10.8 Å². The second-order valence-electron chi connectivity index (χ2n) is 7.04. The van der Waals surface area contributed by atoms with Crippen molar-refractivity contribution in [3.05, 3.63) is 84.3 Å². The smallest absolute Gasteiger partial charge is 0.261 e. The van der Waals surface area contributed by atoms with E-state index in [-0.39, 0.29) is 15.7 Å². The van der Waals surface area contributed by atoms with Crippen molar-refractivity contribution in [3.63, 3.8) is 0 Å². The molecule has 0 aliphatic rings. The fourth-order valence-corrected chi connectivity index (χ4v) is 4.60. The van der Waals surface area contributed by atoms with Gasteiger partial charge in [0.1, 0.15) is 0 Å². The van der Waals surface area contributed by atoms with Crippen molar-refractivity contribution in [2.75, 3.05) is 4.72 Å². The molecule has 0 aliphatic heterocycles. The van der Waals surface area contributed by atoms with Crippen LogP contribution in [0.15, 0.2) is 78.1 Å². The maximum atomic E-state index is 13.6. The molecular weight excluding hydrogens is 467 g/mol. The standard InChI is InChI=1S/C22H14ClFN6O2S/c23-21-18(30-33(31,32)16-4-2-1-3-5-16)9-15(11-26-21)14-8-17-20(28-29-22(17)27-12-14)13-6-7-25-19(24)10-13/h1-12,30H,(H,27,28,29). The minimum absolute atomic E-state index is 0.00329. The number of benzene rings is 1. The number of nitrogens with zero attached hydrogens (tertiary/aromatic N) is 4. The summed E-state index contributed by atoms with van der Waals surface area (Å²) in [7, 11) is -3.85. The van der Waals surface area contributed by atoms with Crippen LogP contribution >= 0.6 is 11.6 Å². The Balaban J connectivity index is 1.55. The van der Waals surface area contributed by atoms with Crippen molar-refractivity contribution in [1.82, 2.24) is 25.1 Å². The summed E-state index contributed by atoms with van der Waals surface area (Å²) in [4.78, 5) is 12.1. The van der Waals surface area contributed by atoms with Gasteiger partial charge in [-0.3, -0.25) is 9.82 Å². The third-order valence-electron chi connectivity index (χ3n) is 4.90. The summed E-state index contributed by atoms with van der Waals surface area (Å²) in [6.07, 6.45) is 4.46. The molecule has 0 unspecified atom stereocenters. The second kappa shape index (κ2) is 8.23. The molecule has 0 bridgehead atoms. The summed E-state index contributed by atoms with van der Waals surface area (Å²) >= 11 is 6.16. The Morgan fingerprint density at radius 1 is 0.909 bits per heavy atom. The number of halogens is 2. The Hall–Kier alpha value is -3.89. The van der Waals surface area contributed by atoms with Crippen LogP contribution in [-0.2, 0) is 10.0 Å². The van der Waals surface area contributed by atoms with E-state index in [4.69, 9.17) is 11.6 Å². The van der Waals surface area contributed by atoms with Crippen molar-refractivity contribution in [1.29, 1.82) is 0 Å². The van der Waals surface area contributed by atoms with E-state index in [1.165, 1.54) is 30.6 Å². The lowest BCUT2D eigenvalue weighted by Gasteiger charge is -2.11. The van der Waals surface area contributed by atoms with Crippen molar-refractivity contribution in [2.24, 2.45) is 0 Å². The van der Waals surface area contributed by atoms with E-state index in [2.05, 4.69) is 29.9 Å². The fraction of sp³-hybridized carbons (Fsp3) is 0. The summed E-state index contributed by atoms with van der Waals surface area (Å²) in [5.74, 6) is -0.614. The quantitative estimate of drug-likeness (QED) is 0.353. The Morgan fingerprint density at radius 2 is 1.67 bits per heavy atom. The van der Waals surface area contributed by atoms with Crippen molar-refractivity contribution >= 4 is 38.3 Å². The third kappa shape index (κ3) is 4.13. The fourth-order valence-electron chi connectivity index (χ4n) is 3.32. The average Bonchev–Trinajstić information content (AvgIpc) is 3.24. The van der Waals surface area contributed by atoms with Crippen molar-refractivity contribution in [3.8, 4) is 22.4 Å². The van der Waals surface area contributed by atoms with Gasteiger partial charge in [0.05, 0.1) is 16.3 Å². The third-order valence-corrected chi connectivity index (χ3v) is 6.58. The van der Waals surface area contributed by atoms with Crippen LogP contribution in [0.5, 0.6) is 0 Å². The van der Waals surface area contributed by atoms with Gasteiger partial charge in [0.2, 0.25) is 5.95 Å². The molecule has 33 heavy (non-hydrogen) atoms. The van der Waals surface area contributed by atoms with Gasteiger partial charge in [-0.25, -0.2) is 23.4 Å². The Bertz CT molecular complexity index is 1590. The van der Waals surface area contributed by atoms with Crippen LogP contribution < -0.4 is 4.72 Å². The van der Waals surface area contributed by atoms with E-state index in [1.54, 1.807) is 42.6 Å². The predicted octanol–water partition coefficient (Wildman–Crippen LogP) is 4.68. The number of hydrogen-bond donors (Lipinski definition) is 2. The normalized spacial score (nSPS) is 11.6. The molecule has 2 N–H and O–H groups in total. The molecule has 0 fully saturated rings. The largest absolute Gasteiger partial charge is 0.276 e. The van der Waals surface area contributed by atoms with Crippen LogP contribution in [0.4, 0.5) is 10.1 Å². The molecule has 4 heterocycles. The van der Waals surface area contributed by atoms with Gasteiger partial charge < -0.3 is 0 Å². The Morgan fingerprint density at radius 3 is 2.45 bits per heavy atom. The van der Waals surface area contributed by atoms with Crippen molar-refractivity contribution < 1.29 is 12.8 Å². The van der Waals surface area contributed by atoms with Crippen LogP contribution in [0.25, 0.3) is 33.4 Å². The number of nitrogens with one attached hydrogen (secondary N) is 2. The lowest BCUT2D eigenvalue weighted by Crippen LogP contribution is -2.13. The van der Waals surface area contributed by atoms with Crippen LogP contribution in [0.1, 0.15) is 0 Å². The zero-order chi connectivity index (χ0) is 23.0. The number of anilines is 1. The Kier molecular flexibility index (Phi) is 5.23. The van der Waals surface area contributed by atoms with Gasteiger partial charge in [-0.05, 0) is 30.3 Å². The number of fused-ring (bicyclic) bond motifs is 1. The van der Waals surface area contributed by atoms with Gasteiger partial charge in [0.25, 0.3) is 10.0 Å². The van der Waals surface area contributed by atoms with Crippen molar-refractivity contribution in [2.45, 2.75) is 4.90 Å². The molecule has 4 aromatic heterocycles. The molecular formula is C22H14ClFN6O2S. The summed E-state index contributed by atoms with van der Waals surface area (Å²) in [6.45, 7) is 0. The maximum Gasteiger partial charge on any atom is 0.261 e. The SMILES string of the molecule is O=S(=O)(Nc1cc(-c2cnc3n[nH]c(-c4ccnc(F)c4)c3c2)cnc1Cl)c1ccccc1. The van der Waals surface area contributed by atoms with Crippen LogP contribution in [0.3, 0.4) is 0 Å². The minimum Gasteiger partial charge on any atom is -0.276 e. The van der Waals surface area contributed by atoms with Gasteiger partial charge in [0, 0.05) is 46.7 Å². The molecule has 5 aromatic rings. The first-order valence-corrected chi connectivity index (χ1v) is 11.5. The van der Waals surface area contributed by atoms with E-state index in [0.29, 0.717) is 33.4 Å². The number of pyridine rings is 3. The van der Waals surface area contributed by atoms with Crippen LogP contribution in [-0.4, -0.2) is 33.6 Å². The number of hydrogen-bond acceptors (Lipinski definition) is 6. The molecule has 0 saturated carbocycles. The number of H-pyrrole nitrogens is 1. The van der Waals surface area contributed by atoms with E-state index < -0.39 is 16.0 Å². The highest BCUT2D eigenvalue weighted by atomic mass is 35.5. The molecule has 0 amide bonds. The molecule has 0 radical (unpaired) electrons. The monoisotopic (exact) mass is 480 g/mol. The van der Waals surface area contributed by atoms with Gasteiger partial charge in [-0.2, -0.15) is 9.49 Å². The molecule has 0 spiro atoms. The highest BCUT2D eigenvalue weighted by molar-refractivity contribution is 7.92. The lowest BCUT2D eigenvalue weighted by atomic mass is 10.1. The molecule has 0 saturated heterocycles. The van der Waals surface area contributed by atoms with E-state index in [1.807, 2.05) is 0 Å². The van der Waals surface area contributed by atoms with Crippen LogP contribution in [0, 0.1) is 5.95 Å². The van der Waals surface area contributed by atoms with E-state index in [9.17, 15) is 12.8 Å². The second-order valence-corrected chi connectivity index (χ2v) is 9.08. The molecule has 8 nitrogen and oxygen atoms in total. The van der Waals surface area contributed by atoms with Gasteiger partial charge >= 0.3 is 0 Å². The topological polar surface area (TPSA) is 114 Å². The van der Waals surface area contributed by atoms with Gasteiger partial charge in [-0.15, -0.1) is 0 Å². The predicted molar refractivity (Wildman–Crippen MR) is 123 cm³/mol. The summed E-state index contributed by atoms with van der Waals surface area (Å²) in [5, 5.41) is 7.69. The molecule has 5 rings (SSSR count). The summed E-state index contributed by atoms with van der Waals surface area (Å²) in [5.41, 5.74) is 2.93. The van der Waals surface area contributed by atoms with E-state index in [0.717, 1.165) is 0 Å².